The molecule has 0 aliphatic carbocycles. The van der Waals surface area contributed by atoms with Crippen molar-refractivity contribution in [3.05, 3.63) is 53.0 Å². The van der Waals surface area contributed by atoms with Crippen LogP contribution in [0.5, 0.6) is 0 Å². The van der Waals surface area contributed by atoms with Gasteiger partial charge in [-0.2, -0.15) is 10.1 Å². The summed E-state index contributed by atoms with van der Waals surface area (Å²) in [5.74, 6) is -1.76. The van der Waals surface area contributed by atoms with Gasteiger partial charge < -0.3 is 14.8 Å². The molecule has 1 aromatic carbocycles. The first-order chi connectivity index (χ1) is 12.9. The van der Waals surface area contributed by atoms with Crippen LogP contribution in [0, 0.1) is 11.6 Å². The third-order valence-corrected chi connectivity index (χ3v) is 3.98. The number of esters is 1. The lowest BCUT2D eigenvalue weighted by molar-refractivity contribution is -0.141. The van der Waals surface area contributed by atoms with Gasteiger partial charge in [-0.1, -0.05) is 0 Å². The maximum atomic E-state index is 13.8. The summed E-state index contributed by atoms with van der Waals surface area (Å²) < 4.78 is 39.6. The Balaban J connectivity index is 1.93. The van der Waals surface area contributed by atoms with Crippen molar-refractivity contribution in [3.63, 3.8) is 0 Å². The second kappa shape index (κ2) is 7.83. The predicted molar refractivity (Wildman–Crippen MR) is 92.9 cm³/mol. The van der Waals surface area contributed by atoms with E-state index >= 15 is 0 Å². The molecule has 0 saturated heterocycles. The Kier molecular flexibility index (Phi) is 5.50. The van der Waals surface area contributed by atoms with Crippen molar-refractivity contribution in [1.82, 2.24) is 14.8 Å². The highest BCUT2D eigenvalue weighted by Crippen LogP contribution is 2.35. The van der Waals surface area contributed by atoms with Crippen LogP contribution in [-0.4, -0.2) is 40.1 Å². The quantitative estimate of drug-likeness (QED) is 0.615. The highest BCUT2D eigenvalue weighted by atomic mass is 19.1. The number of allylic oxidation sites excluding steroid dienone is 1. The molecule has 0 saturated carbocycles. The van der Waals surface area contributed by atoms with Crippen LogP contribution < -0.4 is 5.32 Å². The zero-order chi connectivity index (χ0) is 19.6. The highest BCUT2D eigenvalue weighted by Gasteiger charge is 2.34. The van der Waals surface area contributed by atoms with Gasteiger partial charge in [-0.3, -0.25) is 0 Å². The maximum Gasteiger partial charge on any atom is 0.338 e. The van der Waals surface area contributed by atoms with Gasteiger partial charge in [0.25, 0.3) is 0 Å². The molecule has 0 spiro atoms. The fraction of sp³-hybridized carbons (Fsp3) is 0.389. The molecular formula is C18H20F2N4O3. The lowest BCUT2D eigenvalue weighted by Crippen LogP contribution is -2.30. The molecule has 1 aliphatic heterocycles. The first kappa shape index (κ1) is 19.0. The van der Waals surface area contributed by atoms with Crippen molar-refractivity contribution in [2.24, 2.45) is 0 Å². The highest BCUT2D eigenvalue weighted by molar-refractivity contribution is 5.92. The molecule has 9 heteroatoms. The summed E-state index contributed by atoms with van der Waals surface area (Å²) >= 11 is 0. The zero-order valence-electron chi connectivity index (χ0n) is 15.2. The van der Waals surface area contributed by atoms with E-state index in [1.807, 2.05) is 13.8 Å². The molecule has 1 aromatic heterocycles. The van der Waals surface area contributed by atoms with Crippen molar-refractivity contribution >= 4 is 11.9 Å². The average Bonchev–Trinajstić information content (AvgIpc) is 3.04. The normalized spacial score (nSPS) is 16.3. The van der Waals surface area contributed by atoms with Crippen LogP contribution in [0.25, 0.3) is 0 Å². The second-order valence-corrected chi connectivity index (χ2v) is 6.35. The van der Waals surface area contributed by atoms with Crippen molar-refractivity contribution < 1.29 is 23.0 Å². The Labute approximate surface area is 155 Å². The molecule has 7 nitrogen and oxygen atoms in total. The molecule has 1 aliphatic rings. The van der Waals surface area contributed by atoms with Gasteiger partial charge in [0.15, 0.2) is 0 Å². The summed E-state index contributed by atoms with van der Waals surface area (Å²) in [7, 11) is 0. The number of nitrogens with one attached hydrogen (secondary N) is 1. The van der Waals surface area contributed by atoms with Gasteiger partial charge >= 0.3 is 5.97 Å². The van der Waals surface area contributed by atoms with E-state index in [9.17, 15) is 13.6 Å². The topological polar surface area (TPSA) is 78.3 Å². The average molecular weight is 378 g/mol. The lowest BCUT2D eigenvalue weighted by atomic mass is 9.95. The fourth-order valence-electron chi connectivity index (χ4n) is 2.89. The zero-order valence-corrected chi connectivity index (χ0v) is 15.2. The van der Waals surface area contributed by atoms with Crippen LogP contribution in [-0.2, 0) is 14.3 Å². The Morgan fingerprint density at radius 3 is 2.63 bits per heavy atom. The van der Waals surface area contributed by atoms with Crippen LogP contribution in [0.1, 0.15) is 32.4 Å². The third kappa shape index (κ3) is 4.13. The van der Waals surface area contributed by atoms with Gasteiger partial charge in [0.2, 0.25) is 5.95 Å². The lowest BCUT2D eigenvalue weighted by Gasteiger charge is -2.28. The standard InChI is InChI=1S/C18H20F2N4O3/c1-10(2)26-4-5-27-17(25)15-11(3)23-18-21-9-22-24(18)16(15)12-6-13(19)8-14(20)7-12/h6-10,16H,4-5H2,1-3H3,(H,21,22,23)/t16-/m1/s1. The summed E-state index contributed by atoms with van der Waals surface area (Å²) in [4.78, 5) is 16.8. The molecule has 3 rings (SSSR count). The van der Waals surface area contributed by atoms with E-state index in [2.05, 4.69) is 15.4 Å². The van der Waals surface area contributed by atoms with Crippen LogP contribution in [0.15, 0.2) is 35.8 Å². The fourth-order valence-corrected chi connectivity index (χ4v) is 2.89. The molecule has 1 atom stereocenters. The summed E-state index contributed by atoms with van der Waals surface area (Å²) in [5.41, 5.74) is 0.896. The molecule has 0 unspecified atom stereocenters. The Morgan fingerprint density at radius 2 is 1.96 bits per heavy atom. The van der Waals surface area contributed by atoms with E-state index in [4.69, 9.17) is 9.47 Å². The van der Waals surface area contributed by atoms with Gasteiger partial charge in [0.1, 0.15) is 30.6 Å². The first-order valence-corrected chi connectivity index (χ1v) is 8.49. The predicted octanol–water partition coefficient (Wildman–Crippen LogP) is 2.81. The number of halogens is 2. The van der Waals surface area contributed by atoms with Crippen LogP contribution in [0.4, 0.5) is 14.7 Å². The third-order valence-electron chi connectivity index (χ3n) is 3.98. The molecule has 0 radical (unpaired) electrons. The van der Waals surface area contributed by atoms with Crippen LogP contribution >= 0.6 is 0 Å². The summed E-state index contributed by atoms with van der Waals surface area (Å²) in [5, 5.41) is 7.05. The number of aromatic nitrogens is 3. The molecule has 27 heavy (non-hydrogen) atoms. The summed E-state index contributed by atoms with van der Waals surface area (Å²) in [6.45, 7) is 5.72. The first-order valence-electron chi connectivity index (χ1n) is 8.49. The smallest absolute Gasteiger partial charge is 0.338 e. The van der Waals surface area contributed by atoms with E-state index < -0.39 is 23.6 Å². The number of carbonyl (C=O) groups is 1. The van der Waals surface area contributed by atoms with E-state index in [0.717, 1.165) is 18.2 Å². The van der Waals surface area contributed by atoms with Crippen molar-refractivity contribution in [3.8, 4) is 0 Å². The number of fused-ring (bicyclic) bond motifs is 1. The number of nitrogens with zero attached hydrogens (tertiary/aromatic N) is 3. The van der Waals surface area contributed by atoms with Gasteiger partial charge in [0.05, 0.1) is 18.3 Å². The minimum absolute atomic E-state index is 0.0155. The molecule has 2 heterocycles. The SMILES string of the molecule is CC1=C(C(=O)OCCOC(C)C)[C@@H](c2cc(F)cc(F)c2)n2ncnc2N1. The maximum absolute atomic E-state index is 13.8. The van der Waals surface area contributed by atoms with Crippen LogP contribution in [0.2, 0.25) is 0 Å². The number of ether oxygens (including phenoxy) is 2. The number of hydrogen-bond acceptors (Lipinski definition) is 6. The van der Waals surface area contributed by atoms with E-state index in [0.29, 0.717) is 11.6 Å². The molecule has 1 N–H and O–H groups in total. The van der Waals surface area contributed by atoms with E-state index in [-0.39, 0.29) is 30.5 Å². The molecule has 2 aromatic rings. The minimum atomic E-state index is -0.868. The Hall–Kier alpha value is -2.81. The molecule has 144 valence electrons. The Bertz CT molecular complexity index is 859. The summed E-state index contributed by atoms with van der Waals surface area (Å²) in [6, 6.07) is 2.22. The largest absolute Gasteiger partial charge is 0.460 e. The van der Waals surface area contributed by atoms with Crippen molar-refractivity contribution in [1.29, 1.82) is 0 Å². The van der Waals surface area contributed by atoms with E-state index in [1.165, 1.54) is 11.0 Å². The number of carbonyl (C=O) groups excluding carboxylic acids is 1. The number of benzene rings is 1. The number of hydrogen-bond donors (Lipinski definition) is 1. The monoisotopic (exact) mass is 378 g/mol. The molecule has 0 bridgehead atoms. The molecule has 0 fully saturated rings. The van der Waals surface area contributed by atoms with E-state index in [1.54, 1.807) is 6.92 Å². The van der Waals surface area contributed by atoms with Crippen molar-refractivity contribution in [2.75, 3.05) is 18.5 Å². The second-order valence-electron chi connectivity index (χ2n) is 6.35. The van der Waals surface area contributed by atoms with Gasteiger partial charge in [-0.15, -0.1) is 0 Å². The number of rotatable bonds is 6. The van der Waals surface area contributed by atoms with Gasteiger partial charge in [-0.25, -0.2) is 18.3 Å². The minimum Gasteiger partial charge on any atom is -0.460 e. The van der Waals surface area contributed by atoms with Crippen LogP contribution in [0.3, 0.4) is 0 Å². The Morgan fingerprint density at radius 1 is 1.26 bits per heavy atom. The van der Waals surface area contributed by atoms with Gasteiger partial charge in [0, 0.05) is 11.8 Å². The summed E-state index contributed by atoms with van der Waals surface area (Å²) in [6.07, 6.45) is 1.31. The van der Waals surface area contributed by atoms with Gasteiger partial charge in [-0.05, 0) is 38.5 Å². The number of anilines is 1. The molecule has 0 amide bonds. The molecular weight excluding hydrogens is 358 g/mol. The van der Waals surface area contributed by atoms with Crippen molar-refractivity contribution in [2.45, 2.75) is 32.9 Å².